The number of benzene rings is 3. The molecule has 3 aromatic carbocycles. The molecule has 0 amide bonds. The second-order valence-corrected chi connectivity index (χ2v) is 8.87. The number of pyridine rings is 1. The Hall–Kier alpha value is -3.80. The minimum Gasteiger partial charge on any atom is -0.399 e. The number of aryl methyl sites for hydroxylation is 1. The molecule has 0 fully saturated rings. The van der Waals surface area contributed by atoms with E-state index in [4.69, 9.17) is 17.0 Å². The van der Waals surface area contributed by atoms with Crippen LogP contribution >= 0.6 is 0 Å². The molecule has 0 radical (unpaired) electrons. The summed E-state index contributed by atoms with van der Waals surface area (Å²) in [6.07, 6.45) is 0.935. The van der Waals surface area contributed by atoms with Crippen LogP contribution in [0.2, 0.25) is 0 Å². The minimum absolute atomic E-state index is 0.474. The molecule has 4 N–H and O–H groups in total. The van der Waals surface area contributed by atoms with Crippen molar-refractivity contribution >= 4 is 33.1 Å². The molecule has 0 saturated carbocycles. The van der Waals surface area contributed by atoms with Crippen molar-refractivity contribution in [3.63, 3.8) is 0 Å². The Kier molecular flexibility index (Phi) is 6.87. The van der Waals surface area contributed by atoms with E-state index < -0.39 is 0 Å². The summed E-state index contributed by atoms with van der Waals surface area (Å²) < 4.78 is 3.16. The van der Waals surface area contributed by atoms with Crippen molar-refractivity contribution in [3.8, 4) is 11.3 Å². The predicted octanol–water partition coefficient (Wildman–Crippen LogP) is 5.63. The van der Waals surface area contributed by atoms with Gasteiger partial charge in [0.05, 0.1) is 36.8 Å². The molecule has 0 spiro atoms. The molecule has 0 unspecified atom stereocenters. The second kappa shape index (κ2) is 10.00. The molecule has 7 nitrogen and oxygen atoms in total. The van der Waals surface area contributed by atoms with Crippen LogP contribution in [0.1, 0.15) is 20.3 Å². The van der Waals surface area contributed by atoms with Crippen LogP contribution in [0.25, 0.3) is 43.4 Å². The highest BCUT2D eigenvalue weighted by Gasteiger charge is 2.26. The lowest BCUT2D eigenvalue weighted by Crippen LogP contribution is -2.50. The first-order chi connectivity index (χ1) is 16.5. The quantitative estimate of drug-likeness (QED) is 0.0649. The molecule has 1 aromatic heterocycles. The maximum absolute atomic E-state index is 8.88. The van der Waals surface area contributed by atoms with Crippen molar-refractivity contribution in [2.45, 2.75) is 26.8 Å². The number of hydrogen-bond acceptors (Lipinski definition) is 3. The van der Waals surface area contributed by atoms with Crippen molar-refractivity contribution in [1.82, 2.24) is 0 Å². The second-order valence-electron chi connectivity index (χ2n) is 8.87. The van der Waals surface area contributed by atoms with Crippen LogP contribution < -0.4 is 16.0 Å². The summed E-state index contributed by atoms with van der Waals surface area (Å²) in [4.78, 5) is 3.01. The van der Waals surface area contributed by atoms with Gasteiger partial charge in [0.25, 0.3) is 0 Å². The fourth-order valence-corrected chi connectivity index (χ4v) is 4.94. The van der Waals surface area contributed by atoms with Gasteiger partial charge < -0.3 is 16.0 Å². The Morgan fingerprint density at radius 1 is 0.882 bits per heavy atom. The predicted molar refractivity (Wildman–Crippen MR) is 141 cm³/mol. The normalized spacial score (nSPS) is 11.6. The zero-order valence-electron chi connectivity index (χ0n) is 20.0. The highest BCUT2D eigenvalue weighted by Crippen LogP contribution is 2.33. The monoisotopic (exact) mass is 455 g/mol. The zero-order chi connectivity index (χ0) is 24.1. The number of hydrogen-bond donors (Lipinski definition) is 2. The largest absolute Gasteiger partial charge is 0.399 e. The Morgan fingerprint density at radius 2 is 1.56 bits per heavy atom. The lowest BCUT2D eigenvalue weighted by atomic mass is 9.98. The van der Waals surface area contributed by atoms with Crippen LogP contribution in [0.5, 0.6) is 0 Å². The molecule has 0 aliphatic rings. The summed E-state index contributed by atoms with van der Waals surface area (Å²) >= 11 is 0. The van der Waals surface area contributed by atoms with Crippen LogP contribution in [0.3, 0.4) is 0 Å². The third kappa shape index (κ3) is 4.49. The maximum atomic E-state index is 8.88. The topological polar surface area (TPSA) is 105 Å². The average Bonchev–Trinajstić information content (AvgIpc) is 2.86. The van der Waals surface area contributed by atoms with Crippen LogP contribution in [0, 0.1) is 0 Å². The molecule has 4 aromatic rings. The van der Waals surface area contributed by atoms with Crippen LogP contribution in [0.15, 0.2) is 71.8 Å². The van der Waals surface area contributed by atoms with Gasteiger partial charge in [0, 0.05) is 33.3 Å². The van der Waals surface area contributed by atoms with Gasteiger partial charge in [-0.1, -0.05) is 24.3 Å². The average molecular weight is 456 g/mol. The van der Waals surface area contributed by atoms with E-state index in [9.17, 15) is 0 Å². The zero-order valence-corrected chi connectivity index (χ0v) is 20.0. The number of quaternary nitrogens is 1. The lowest BCUT2D eigenvalue weighted by Gasteiger charge is -2.35. The first-order valence-electron chi connectivity index (χ1n) is 11.9. The summed E-state index contributed by atoms with van der Waals surface area (Å²) in [7, 11) is 0. The van der Waals surface area contributed by atoms with E-state index in [0.29, 0.717) is 6.67 Å². The minimum atomic E-state index is 0.474. The molecule has 7 heteroatoms. The van der Waals surface area contributed by atoms with E-state index in [-0.39, 0.29) is 0 Å². The van der Waals surface area contributed by atoms with Gasteiger partial charge in [-0.3, -0.25) is 0 Å². The Balaban J connectivity index is 1.90. The molecular formula is C27H33N7+2. The molecule has 174 valence electrons. The number of nitrogen functional groups attached to an aromatic ring is 2. The number of azide groups is 1. The van der Waals surface area contributed by atoms with E-state index in [1.54, 1.807) is 0 Å². The van der Waals surface area contributed by atoms with Crippen LogP contribution in [-0.2, 0) is 6.54 Å². The van der Waals surface area contributed by atoms with Gasteiger partial charge in [-0.2, -0.15) is 4.57 Å². The summed E-state index contributed by atoms with van der Waals surface area (Å²) in [5, 5.41) is 7.35. The number of anilines is 2. The number of nitrogens with zero attached hydrogens (tertiary/aromatic N) is 5. The molecule has 0 aliphatic carbocycles. The molecule has 4 rings (SSSR count). The highest BCUT2D eigenvalue weighted by molar-refractivity contribution is 6.10. The van der Waals surface area contributed by atoms with Crippen LogP contribution in [-0.4, -0.2) is 30.8 Å². The first-order valence-corrected chi connectivity index (χ1v) is 11.9. The molecular weight excluding hydrogens is 422 g/mol. The Morgan fingerprint density at radius 3 is 2.24 bits per heavy atom. The van der Waals surface area contributed by atoms with Crippen molar-refractivity contribution in [2.24, 2.45) is 5.11 Å². The van der Waals surface area contributed by atoms with E-state index in [1.807, 2.05) is 18.2 Å². The van der Waals surface area contributed by atoms with Crippen molar-refractivity contribution in [3.05, 3.63) is 77.2 Å². The van der Waals surface area contributed by atoms with E-state index in [0.717, 1.165) is 81.4 Å². The summed E-state index contributed by atoms with van der Waals surface area (Å²) in [6, 6.07) is 22.7. The number of aromatic nitrogens is 1. The van der Waals surface area contributed by atoms with E-state index >= 15 is 0 Å². The number of nitrogens with two attached hydrogens (primary N) is 2. The van der Waals surface area contributed by atoms with E-state index in [1.165, 1.54) is 0 Å². The highest BCUT2D eigenvalue weighted by atomic mass is 15.4. The smallest absolute Gasteiger partial charge is 0.220 e. The summed E-state index contributed by atoms with van der Waals surface area (Å²) in [5.74, 6) is 0. The van der Waals surface area contributed by atoms with Gasteiger partial charge in [0.15, 0.2) is 13.2 Å². The molecule has 1 heterocycles. The van der Waals surface area contributed by atoms with Gasteiger partial charge in [-0.25, -0.2) is 0 Å². The van der Waals surface area contributed by atoms with Crippen molar-refractivity contribution in [1.29, 1.82) is 0 Å². The molecule has 34 heavy (non-hydrogen) atoms. The Bertz CT molecular complexity index is 1350. The third-order valence-corrected chi connectivity index (χ3v) is 7.00. The lowest BCUT2D eigenvalue weighted by molar-refractivity contribution is -0.926. The van der Waals surface area contributed by atoms with Crippen LogP contribution in [0.4, 0.5) is 11.4 Å². The fraction of sp³-hybridized carbons (Fsp3) is 0.296. The van der Waals surface area contributed by atoms with Gasteiger partial charge in [0.1, 0.15) is 0 Å². The van der Waals surface area contributed by atoms with Crippen molar-refractivity contribution < 1.29 is 9.05 Å². The summed E-state index contributed by atoms with van der Waals surface area (Å²) in [5.41, 5.74) is 26.3. The van der Waals surface area contributed by atoms with Crippen molar-refractivity contribution in [2.75, 3.05) is 37.8 Å². The molecule has 0 saturated heterocycles. The third-order valence-electron chi connectivity index (χ3n) is 7.00. The first kappa shape index (κ1) is 23.4. The molecule has 0 atom stereocenters. The number of rotatable bonds is 9. The molecule has 0 bridgehead atoms. The van der Waals surface area contributed by atoms with E-state index in [2.05, 4.69) is 77.0 Å². The van der Waals surface area contributed by atoms with Gasteiger partial charge in [-0.15, -0.1) is 0 Å². The van der Waals surface area contributed by atoms with Gasteiger partial charge in [-0.05, 0) is 60.9 Å². The fourth-order valence-electron chi connectivity index (χ4n) is 4.94. The molecule has 0 aliphatic heterocycles. The Labute approximate surface area is 200 Å². The van der Waals surface area contributed by atoms with Gasteiger partial charge >= 0.3 is 0 Å². The number of fused-ring (bicyclic) bond motifs is 3. The standard InChI is InChI=1S/C27H32N7/c1-3-34(4-2,19-31-32-30)16-8-15-33-26-18-22(29)12-14-24(26)23-13-11-21(28)17-25(23)27(33)20-9-6-5-7-10-20/h5-7,9-14,17-18,29H,3-4,8,15-16,19,28H2,1-2H3/q+1/p+1. The summed E-state index contributed by atoms with van der Waals surface area (Å²) in [6.45, 7) is 8.38. The SMILES string of the molecule is CC[N+](CC)(CCC[n+]1c(-c2ccccc2)c2cc(N)ccc2c2ccc(N)cc21)CN=[N+]=[N-]. The maximum Gasteiger partial charge on any atom is 0.220 e. The van der Waals surface area contributed by atoms with Gasteiger partial charge in [0.2, 0.25) is 11.2 Å².